The Balaban J connectivity index is 1.15. The Kier molecular flexibility index (Phi) is 3.36. The summed E-state index contributed by atoms with van der Waals surface area (Å²) in [5.41, 5.74) is 0. The second-order valence-corrected chi connectivity index (χ2v) is 9.52. The predicted molar refractivity (Wildman–Crippen MR) is 89.8 cm³/mol. The van der Waals surface area contributed by atoms with Crippen LogP contribution < -0.4 is 0 Å². The average Bonchev–Trinajstić information content (AvgIpc) is 3.10. The number of likely N-dealkylation sites (tertiary alicyclic amines) is 3. The summed E-state index contributed by atoms with van der Waals surface area (Å²) in [6.45, 7) is 10.8. The first-order valence-electron chi connectivity index (χ1n) is 9.82. The van der Waals surface area contributed by atoms with E-state index in [9.17, 15) is 0 Å². The minimum atomic E-state index is 0.941. The summed E-state index contributed by atoms with van der Waals surface area (Å²) in [6.07, 6.45) is 6.02. The van der Waals surface area contributed by atoms with Crippen molar-refractivity contribution in [2.75, 3.05) is 46.3 Å². The van der Waals surface area contributed by atoms with Crippen molar-refractivity contribution in [1.82, 2.24) is 14.7 Å². The van der Waals surface area contributed by atoms with E-state index in [-0.39, 0.29) is 0 Å². The molecule has 124 valence electrons. The zero-order chi connectivity index (χ0) is 14.8. The summed E-state index contributed by atoms with van der Waals surface area (Å²) in [4.78, 5) is 8.26. The van der Waals surface area contributed by atoms with Gasteiger partial charge in [0.1, 0.15) is 0 Å². The minimum absolute atomic E-state index is 0.941. The first kappa shape index (κ1) is 14.2. The topological polar surface area (TPSA) is 9.72 Å². The third-order valence-corrected chi connectivity index (χ3v) is 7.79. The van der Waals surface area contributed by atoms with Gasteiger partial charge in [0, 0.05) is 51.4 Å². The Hall–Kier alpha value is -0.120. The van der Waals surface area contributed by atoms with E-state index in [1.54, 1.807) is 0 Å². The molecular weight excluding hydrogens is 270 g/mol. The van der Waals surface area contributed by atoms with Gasteiger partial charge in [-0.1, -0.05) is 6.92 Å². The van der Waals surface area contributed by atoms with E-state index < -0.39 is 0 Å². The molecule has 0 aromatic rings. The molecule has 0 aromatic heterocycles. The van der Waals surface area contributed by atoms with Crippen molar-refractivity contribution < 1.29 is 0 Å². The van der Waals surface area contributed by atoms with Crippen molar-refractivity contribution in [3.05, 3.63) is 0 Å². The Morgan fingerprint density at radius 3 is 1.45 bits per heavy atom. The summed E-state index contributed by atoms with van der Waals surface area (Å²) in [6, 6.07) is 1.89. The Bertz CT molecular complexity index is 404. The van der Waals surface area contributed by atoms with Crippen molar-refractivity contribution in [1.29, 1.82) is 0 Å². The zero-order valence-corrected chi connectivity index (χ0v) is 14.5. The van der Waals surface area contributed by atoms with Crippen molar-refractivity contribution in [3.63, 3.8) is 0 Å². The molecule has 22 heavy (non-hydrogen) atoms. The lowest BCUT2D eigenvalue weighted by atomic mass is 9.98. The monoisotopic (exact) mass is 303 g/mol. The molecule has 0 spiro atoms. The average molecular weight is 303 g/mol. The summed E-state index contributed by atoms with van der Waals surface area (Å²) >= 11 is 0. The van der Waals surface area contributed by atoms with Gasteiger partial charge in [-0.25, -0.2) is 0 Å². The van der Waals surface area contributed by atoms with E-state index in [0.29, 0.717) is 0 Å². The fourth-order valence-corrected chi connectivity index (χ4v) is 6.75. The van der Waals surface area contributed by atoms with Crippen LogP contribution in [0.25, 0.3) is 0 Å². The maximum absolute atomic E-state index is 2.92. The zero-order valence-electron chi connectivity index (χ0n) is 14.5. The fourth-order valence-electron chi connectivity index (χ4n) is 6.75. The SMILES string of the molecule is CC1CN(C2CC3CN(C4CC5CN(C)CC5C4)CC3C2)C1. The highest BCUT2D eigenvalue weighted by molar-refractivity contribution is 5.02. The van der Waals surface area contributed by atoms with Crippen LogP contribution in [0.5, 0.6) is 0 Å². The van der Waals surface area contributed by atoms with E-state index in [2.05, 4.69) is 28.7 Å². The minimum Gasteiger partial charge on any atom is -0.306 e. The first-order chi connectivity index (χ1) is 10.7. The molecule has 0 radical (unpaired) electrons. The molecule has 3 heteroatoms. The third-order valence-electron chi connectivity index (χ3n) is 7.79. The van der Waals surface area contributed by atoms with E-state index in [0.717, 1.165) is 41.7 Å². The van der Waals surface area contributed by atoms with Crippen molar-refractivity contribution in [3.8, 4) is 0 Å². The molecule has 3 saturated heterocycles. The van der Waals surface area contributed by atoms with Crippen LogP contribution >= 0.6 is 0 Å². The van der Waals surface area contributed by atoms with Gasteiger partial charge >= 0.3 is 0 Å². The van der Waals surface area contributed by atoms with Gasteiger partial charge < -0.3 is 4.90 Å². The standard InChI is InChI=1S/C19H33N3/c1-13-7-21(8-13)18-5-16-11-22(12-17(16)6-18)19-3-14-9-20(2)10-15(14)4-19/h13-19H,3-12H2,1-2H3. The summed E-state index contributed by atoms with van der Waals surface area (Å²) in [5, 5.41) is 0. The van der Waals surface area contributed by atoms with Gasteiger partial charge in [0.15, 0.2) is 0 Å². The molecule has 5 fully saturated rings. The van der Waals surface area contributed by atoms with Crippen molar-refractivity contribution >= 4 is 0 Å². The van der Waals surface area contributed by atoms with Crippen LogP contribution in [0.15, 0.2) is 0 Å². The van der Waals surface area contributed by atoms with Crippen LogP contribution in [0.1, 0.15) is 32.6 Å². The van der Waals surface area contributed by atoms with Crippen LogP contribution in [0.4, 0.5) is 0 Å². The highest BCUT2D eigenvalue weighted by Crippen LogP contribution is 2.46. The van der Waals surface area contributed by atoms with Crippen LogP contribution in [0.3, 0.4) is 0 Å². The van der Waals surface area contributed by atoms with Crippen LogP contribution in [-0.2, 0) is 0 Å². The lowest BCUT2D eigenvalue weighted by Gasteiger charge is -2.42. The van der Waals surface area contributed by atoms with Crippen LogP contribution in [-0.4, -0.2) is 73.1 Å². The van der Waals surface area contributed by atoms with Crippen LogP contribution in [0.2, 0.25) is 0 Å². The van der Waals surface area contributed by atoms with Gasteiger partial charge in [-0.05, 0) is 62.3 Å². The molecule has 2 aliphatic carbocycles. The van der Waals surface area contributed by atoms with Gasteiger partial charge in [-0.15, -0.1) is 0 Å². The molecule has 3 nitrogen and oxygen atoms in total. The lowest BCUT2D eigenvalue weighted by molar-refractivity contribution is 0.0578. The lowest BCUT2D eigenvalue weighted by Crippen LogP contribution is -2.50. The van der Waals surface area contributed by atoms with E-state index in [4.69, 9.17) is 0 Å². The van der Waals surface area contributed by atoms with Gasteiger partial charge in [-0.3, -0.25) is 9.80 Å². The van der Waals surface area contributed by atoms with E-state index in [1.807, 2.05) is 0 Å². The summed E-state index contributed by atoms with van der Waals surface area (Å²) in [5.74, 6) is 5.07. The molecule has 4 atom stereocenters. The number of rotatable bonds is 2. The molecule has 3 heterocycles. The molecule has 0 amide bonds. The van der Waals surface area contributed by atoms with E-state index in [1.165, 1.54) is 65.0 Å². The Morgan fingerprint density at radius 1 is 0.591 bits per heavy atom. The van der Waals surface area contributed by atoms with Gasteiger partial charge in [0.05, 0.1) is 0 Å². The van der Waals surface area contributed by atoms with Crippen molar-refractivity contribution in [2.24, 2.45) is 29.6 Å². The number of hydrogen-bond acceptors (Lipinski definition) is 3. The number of fused-ring (bicyclic) bond motifs is 2. The Morgan fingerprint density at radius 2 is 1.00 bits per heavy atom. The quantitative estimate of drug-likeness (QED) is 0.772. The van der Waals surface area contributed by atoms with E-state index >= 15 is 0 Å². The predicted octanol–water partition coefficient (Wildman–Crippen LogP) is 1.99. The number of hydrogen-bond donors (Lipinski definition) is 0. The maximum Gasteiger partial charge on any atom is 0.0102 e. The molecule has 5 aliphatic rings. The second kappa shape index (κ2) is 5.19. The molecule has 3 aliphatic heterocycles. The smallest absolute Gasteiger partial charge is 0.0102 e. The molecule has 4 unspecified atom stereocenters. The highest BCUT2D eigenvalue weighted by atomic mass is 15.2. The molecule has 0 bridgehead atoms. The normalized spacial score (nSPS) is 50.5. The molecule has 0 aromatic carbocycles. The maximum atomic E-state index is 2.92. The fraction of sp³-hybridized carbons (Fsp3) is 1.00. The van der Waals surface area contributed by atoms with Gasteiger partial charge in [0.2, 0.25) is 0 Å². The van der Waals surface area contributed by atoms with Gasteiger partial charge in [0.25, 0.3) is 0 Å². The highest BCUT2D eigenvalue weighted by Gasteiger charge is 2.48. The molecule has 0 N–H and O–H groups in total. The summed E-state index contributed by atoms with van der Waals surface area (Å²) in [7, 11) is 2.31. The molecule has 5 rings (SSSR count). The molecular formula is C19H33N3. The van der Waals surface area contributed by atoms with Crippen LogP contribution in [0, 0.1) is 29.6 Å². The summed E-state index contributed by atoms with van der Waals surface area (Å²) < 4.78 is 0. The Labute approximate surface area is 136 Å². The number of nitrogens with zero attached hydrogens (tertiary/aromatic N) is 3. The van der Waals surface area contributed by atoms with Crippen molar-refractivity contribution in [2.45, 2.75) is 44.7 Å². The van der Waals surface area contributed by atoms with Gasteiger partial charge in [-0.2, -0.15) is 0 Å². The largest absolute Gasteiger partial charge is 0.306 e. The third kappa shape index (κ3) is 2.27. The molecule has 2 saturated carbocycles. The first-order valence-corrected chi connectivity index (χ1v) is 9.82. The second-order valence-electron chi connectivity index (χ2n) is 9.52.